The number of carboxylic acids is 1. The van der Waals surface area contributed by atoms with Gasteiger partial charge >= 0.3 is 5.97 Å². The van der Waals surface area contributed by atoms with Gasteiger partial charge in [-0.15, -0.1) is 0 Å². The van der Waals surface area contributed by atoms with Gasteiger partial charge in [0.25, 0.3) is 0 Å². The predicted octanol–water partition coefficient (Wildman–Crippen LogP) is 0.892. The summed E-state index contributed by atoms with van der Waals surface area (Å²) >= 11 is 0. The van der Waals surface area contributed by atoms with Crippen LogP contribution in [0.1, 0.15) is 23.2 Å². The van der Waals surface area contributed by atoms with Crippen LogP contribution in [0.2, 0.25) is 0 Å². The molecule has 1 saturated heterocycles. The highest BCUT2D eigenvalue weighted by Crippen LogP contribution is 2.24. The molecule has 0 amide bonds. The lowest BCUT2D eigenvalue weighted by molar-refractivity contribution is 0.0697. The molecule has 1 fully saturated rings. The molecule has 1 aromatic rings. The Morgan fingerprint density at radius 2 is 2.37 bits per heavy atom. The van der Waals surface area contributed by atoms with Crippen LogP contribution >= 0.6 is 0 Å². The number of pyridine rings is 1. The number of anilines is 2. The lowest BCUT2D eigenvalue weighted by Crippen LogP contribution is -2.45. The molecule has 0 radical (unpaired) electrons. The van der Waals surface area contributed by atoms with Crippen LogP contribution in [0.25, 0.3) is 0 Å². The van der Waals surface area contributed by atoms with Crippen molar-refractivity contribution in [3.8, 4) is 0 Å². The van der Waals surface area contributed by atoms with Crippen LogP contribution < -0.4 is 10.6 Å². The van der Waals surface area contributed by atoms with Crippen LogP contribution in [0.4, 0.5) is 11.5 Å². The minimum atomic E-state index is -0.995. The van der Waals surface area contributed by atoms with Gasteiger partial charge in [0.2, 0.25) is 0 Å². The molecule has 1 unspecified atom stereocenters. The van der Waals surface area contributed by atoms with Crippen molar-refractivity contribution in [2.24, 2.45) is 0 Å². The van der Waals surface area contributed by atoms with Gasteiger partial charge in [0.1, 0.15) is 11.4 Å². The summed E-state index contributed by atoms with van der Waals surface area (Å²) in [7, 11) is 3.98. The molecule has 2 rings (SSSR count). The Bertz CT molecular complexity index is 478. The number of nitrogens with zero attached hydrogens (tertiary/aromatic N) is 3. The third-order valence-corrected chi connectivity index (χ3v) is 3.60. The molecule has 3 N–H and O–H groups in total. The highest BCUT2D eigenvalue weighted by Gasteiger charge is 2.25. The van der Waals surface area contributed by atoms with Gasteiger partial charge in [0.15, 0.2) is 0 Å². The van der Waals surface area contributed by atoms with Crippen molar-refractivity contribution < 1.29 is 9.90 Å². The summed E-state index contributed by atoms with van der Waals surface area (Å²) in [6.45, 7) is 2.01. The average Bonchev–Trinajstić information content (AvgIpc) is 2.37. The number of rotatable bonds is 3. The van der Waals surface area contributed by atoms with E-state index in [-0.39, 0.29) is 11.6 Å². The molecule has 2 heterocycles. The highest BCUT2D eigenvalue weighted by atomic mass is 16.4. The molecule has 1 aliphatic heterocycles. The highest BCUT2D eigenvalue weighted by molar-refractivity contribution is 5.94. The Morgan fingerprint density at radius 3 is 3.00 bits per heavy atom. The quantitative estimate of drug-likeness (QED) is 0.843. The van der Waals surface area contributed by atoms with E-state index in [9.17, 15) is 9.90 Å². The minimum Gasteiger partial charge on any atom is -0.478 e. The second-order valence-corrected chi connectivity index (χ2v) is 5.11. The summed E-state index contributed by atoms with van der Waals surface area (Å²) in [5.74, 6) is -0.507. The summed E-state index contributed by atoms with van der Waals surface area (Å²) < 4.78 is 0. The minimum absolute atomic E-state index is 0.163. The number of piperidine rings is 1. The van der Waals surface area contributed by atoms with Gasteiger partial charge < -0.3 is 20.6 Å². The molecular formula is C13H20N4O2. The number of likely N-dealkylation sites (tertiary alicyclic amines) is 1. The molecule has 19 heavy (non-hydrogen) atoms. The van der Waals surface area contributed by atoms with Crippen molar-refractivity contribution in [1.29, 1.82) is 0 Å². The molecule has 1 atom stereocenters. The normalized spacial score (nSPS) is 20.2. The van der Waals surface area contributed by atoms with Crippen LogP contribution in [-0.4, -0.2) is 54.2 Å². The molecule has 0 aromatic carbocycles. The van der Waals surface area contributed by atoms with Gasteiger partial charge in [-0.1, -0.05) is 0 Å². The lowest BCUT2D eigenvalue weighted by Gasteiger charge is -2.36. The molecule has 6 heteroatoms. The van der Waals surface area contributed by atoms with E-state index in [2.05, 4.69) is 16.9 Å². The van der Waals surface area contributed by atoms with Gasteiger partial charge in [0, 0.05) is 19.6 Å². The molecule has 0 saturated carbocycles. The van der Waals surface area contributed by atoms with Crippen LogP contribution in [-0.2, 0) is 0 Å². The van der Waals surface area contributed by atoms with Crippen molar-refractivity contribution in [3.63, 3.8) is 0 Å². The van der Waals surface area contributed by atoms with Crippen LogP contribution in [0.5, 0.6) is 0 Å². The van der Waals surface area contributed by atoms with E-state index in [1.807, 2.05) is 11.9 Å². The van der Waals surface area contributed by atoms with Crippen molar-refractivity contribution in [3.05, 3.63) is 17.8 Å². The third-order valence-electron chi connectivity index (χ3n) is 3.60. The summed E-state index contributed by atoms with van der Waals surface area (Å²) in [5.41, 5.74) is 6.15. The topological polar surface area (TPSA) is 82.7 Å². The van der Waals surface area contributed by atoms with E-state index in [1.54, 1.807) is 0 Å². The van der Waals surface area contributed by atoms with E-state index in [0.29, 0.717) is 11.5 Å². The number of carbonyl (C=O) groups is 1. The first-order chi connectivity index (χ1) is 8.99. The molecule has 0 aliphatic carbocycles. The van der Waals surface area contributed by atoms with Crippen molar-refractivity contribution in [2.45, 2.75) is 18.9 Å². The maximum atomic E-state index is 11.3. The first kappa shape index (κ1) is 13.6. The zero-order valence-corrected chi connectivity index (χ0v) is 11.3. The third kappa shape index (κ3) is 2.96. The number of aromatic carboxylic acids is 1. The molecule has 1 aliphatic rings. The van der Waals surface area contributed by atoms with E-state index in [1.165, 1.54) is 12.3 Å². The summed E-state index contributed by atoms with van der Waals surface area (Å²) in [4.78, 5) is 19.7. The predicted molar refractivity (Wildman–Crippen MR) is 74.5 cm³/mol. The Hall–Kier alpha value is -1.82. The monoisotopic (exact) mass is 264 g/mol. The van der Waals surface area contributed by atoms with Crippen molar-refractivity contribution in [2.75, 3.05) is 37.8 Å². The Kier molecular flexibility index (Phi) is 3.90. The molecule has 0 bridgehead atoms. The number of carboxylic acid groups (broad SMARTS) is 1. The lowest BCUT2D eigenvalue weighted by atomic mass is 10.0. The summed E-state index contributed by atoms with van der Waals surface area (Å²) in [6.07, 6.45) is 3.67. The Morgan fingerprint density at radius 1 is 1.63 bits per heavy atom. The van der Waals surface area contributed by atoms with E-state index < -0.39 is 5.97 Å². The summed E-state index contributed by atoms with van der Waals surface area (Å²) in [6, 6.07) is 1.75. The number of likely N-dealkylation sites (N-methyl/N-ethyl adjacent to an activating group) is 2. The van der Waals surface area contributed by atoms with Crippen LogP contribution in [0.15, 0.2) is 12.3 Å². The number of nitrogens with two attached hydrogens (primary N) is 1. The SMILES string of the molecule is CN1CCCC(N(C)c2ncc(N)cc2C(=O)O)C1. The maximum Gasteiger partial charge on any atom is 0.339 e. The Labute approximate surface area is 112 Å². The van der Waals surface area contributed by atoms with E-state index in [4.69, 9.17) is 5.73 Å². The first-order valence-electron chi connectivity index (χ1n) is 6.39. The molecule has 6 nitrogen and oxygen atoms in total. The number of hydrogen-bond acceptors (Lipinski definition) is 5. The molecule has 1 aromatic heterocycles. The zero-order chi connectivity index (χ0) is 14.0. The van der Waals surface area contributed by atoms with Gasteiger partial charge in [-0.2, -0.15) is 0 Å². The van der Waals surface area contributed by atoms with Gasteiger partial charge in [-0.25, -0.2) is 9.78 Å². The largest absolute Gasteiger partial charge is 0.478 e. The first-order valence-corrected chi connectivity index (χ1v) is 6.39. The van der Waals surface area contributed by atoms with Crippen LogP contribution in [0, 0.1) is 0 Å². The number of aromatic nitrogens is 1. The second-order valence-electron chi connectivity index (χ2n) is 5.11. The van der Waals surface area contributed by atoms with Crippen LogP contribution in [0.3, 0.4) is 0 Å². The zero-order valence-electron chi connectivity index (χ0n) is 11.3. The maximum absolute atomic E-state index is 11.3. The fourth-order valence-electron chi connectivity index (χ4n) is 2.54. The average molecular weight is 264 g/mol. The second kappa shape index (κ2) is 5.44. The van der Waals surface area contributed by atoms with Gasteiger partial charge in [0.05, 0.1) is 11.9 Å². The number of hydrogen-bond donors (Lipinski definition) is 2. The van der Waals surface area contributed by atoms with E-state index >= 15 is 0 Å². The summed E-state index contributed by atoms with van der Waals surface area (Å²) in [5, 5.41) is 9.26. The van der Waals surface area contributed by atoms with Gasteiger partial charge in [-0.3, -0.25) is 0 Å². The molecular weight excluding hydrogens is 244 g/mol. The fourth-order valence-corrected chi connectivity index (χ4v) is 2.54. The van der Waals surface area contributed by atoms with Crippen molar-refractivity contribution in [1.82, 2.24) is 9.88 Å². The van der Waals surface area contributed by atoms with Gasteiger partial charge in [-0.05, 0) is 32.5 Å². The fraction of sp³-hybridized carbons (Fsp3) is 0.538. The molecule has 104 valence electrons. The molecule has 0 spiro atoms. The van der Waals surface area contributed by atoms with E-state index in [0.717, 1.165) is 25.9 Å². The number of nitrogen functional groups attached to an aromatic ring is 1. The standard InChI is InChI=1S/C13H20N4O2/c1-16-5-3-4-10(8-16)17(2)12-11(13(18)19)6-9(14)7-15-12/h6-7,10H,3-5,8,14H2,1-2H3,(H,18,19). The Balaban J connectivity index is 2.27. The van der Waals surface area contributed by atoms with Crippen molar-refractivity contribution >= 4 is 17.5 Å². The smallest absolute Gasteiger partial charge is 0.339 e.